The molecule has 0 bridgehead atoms. The first-order valence-corrected chi connectivity index (χ1v) is 13.6. The van der Waals surface area contributed by atoms with E-state index in [0.29, 0.717) is 23.6 Å². The summed E-state index contributed by atoms with van der Waals surface area (Å²) in [6.45, 7) is 10.9. The number of hydrogen-bond donors (Lipinski definition) is 1. The second-order valence-corrected chi connectivity index (χ2v) is 12.0. The van der Waals surface area contributed by atoms with Crippen molar-refractivity contribution in [2.24, 2.45) is 10.5 Å². The number of amides is 3. The van der Waals surface area contributed by atoms with Crippen molar-refractivity contribution in [1.29, 1.82) is 0 Å². The molecule has 40 heavy (non-hydrogen) atoms. The Balaban J connectivity index is 1.36. The van der Waals surface area contributed by atoms with Crippen molar-refractivity contribution in [3.8, 4) is 11.5 Å². The average molecular weight is 550 g/mol. The number of ether oxygens (including phenoxy) is 3. The van der Waals surface area contributed by atoms with Gasteiger partial charge in [0, 0.05) is 55.5 Å². The highest BCUT2D eigenvalue weighted by Gasteiger charge is 2.54. The summed E-state index contributed by atoms with van der Waals surface area (Å²) >= 11 is 0. The molecule has 3 heterocycles. The van der Waals surface area contributed by atoms with Gasteiger partial charge in [-0.3, -0.25) is 0 Å². The number of anilines is 1. The molecule has 3 amide bonds. The van der Waals surface area contributed by atoms with E-state index in [1.54, 1.807) is 26.2 Å². The van der Waals surface area contributed by atoms with Gasteiger partial charge in [0.15, 0.2) is 11.5 Å². The van der Waals surface area contributed by atoms with Crippen LogP contribution in [0.5, 0.6) is 11.5 Å². The standard InChI is InChI=1S/C30H39N5O5/c1-19-12-21-13-24(38-6)25(39-7)14-23(21)26(32-35(19)27(36)31-5)20-8-10-22(11-9-20)33-15-30(16-33)17-34(18-30)28(37)40-29(2,3)4/h8-11,13-14,19H,12,15-18H2,1-7H3,(H,31,36)/t19-/m1/s1. The third kappa shape index (κ3) is 5.14. The van der Waals surface area contributed by atoms with Crippen LogP contribution in [0.2, 0.25) is 0 Å². The number of carbonyl (C=O) groups excluding carboxylic acids is 2. The molecule has 0 unspecified atom stereocenters. The number of urea groups is 1. The number of methoxy groups -OCH3 is 2. The molecule has 0 saturated carbocycles. The van der Waals surface area contributed by atoms with Crippen LogP contribution >= 0.6 is 0 Å². The van der Waals surface area contributed by atoms with Crippen LogP contribution in [0.25, 0.3) is 0 Å². The van der Waals surface area contributed by atoms with Crippen LogP contribution in [0.4, 0.5) is 15.3 Å². The summed E-state index contributed by atoms with van der Waals surface area (Å²) in [5.41, 5.74) is 4.30. The quantitative estimate of drug-likeness (QED) is 0.617. The van der Waals surface area contributed by atoms with E-state index in [1.165, 1.54) is 5.01 Å². The van der Waals surface area contributed by atoms with Crippen LogP contribution in [0.1, 0.15) is 44.4 Å². The number of carbonyl (C=O) groups is 2. The van der Waals surface area contributed by atoms with Crippen LogP contribution in [-0.4, -0.2) is 86.8 Å². The van der Waals surface area contributed by atoms with Gasteiger partial charge in [0.2, 0.25) is 0 Å². The first kappa shape index (κ1) is 27.6. The fourth-order valence-corrected chi connectivity index (χ4v) is 5.74. The molecule has 1 atom stereocenters. The molecular formula is C30H39N5O5. The second kappa shape index (κ2) is 10.2. The molecule has 5 rings (SSSR count). The maximum atomic E-state index is 12.7. The van der Waals surface area contributed by atoms with Crippen molar-refractivity contribution in [2.45, 2.75) is 45.8 Å². The third-order valence-electron chi connectivity index (χ3n) is 7.69. The number of likely N-dealkylation sites (tertiary alicyclic amines) is 1. The fraction of sp³-hybridized carbons (Fsp3) is 0.500. The van der Waals surface area contributed by atoms with Crippen molar-refractivity contribution in [3.63, 3.8) is 0 Å². The minimum atomic E-state index is -0.484. The van der Waals surface area contributed by atoms with Gasteiger partial charge >= 0.3 is 12.1 Å². The van der Waals surface area contributed by atoms with Crippen LogP contribution in [0, 0.1) is 5.41 Å². The number of nitrogens with one attached hydrogen (secondary N) is 1. The average Bonchev–Trinajstić information content (AvgIpc) is 3.00. The maximum Gasteiger partial charge on any atom is 0.410 e. The Morgan fingerprint density at radius 1 is 1.00 bits per heavy atom. The number of rotatable bonds is 4. The first-order valence-electron chi connectivity index (χ1n) is 13.6. The Bertz CT molecular complexity index is 1320. The molecule has 214 valence electrons. The van der Waals surface area contributed by atoms with E-state index in [0.717, 1.165) is 48.6 Å². The maximum absolute atomic E-state index is 12.7. The molecule has 2 saturated heterocycles. The van der Waals surface area contributed by atoms with Gasteiger partial charge in [-0.15, -0.1) is 0 Å². The van der Waals surface area contributed by atoms with Crippen molar-refractivity contribution in [1.82, 2.24) is 15.2 Å². The van der Waals surface area contributed by atoms with E-state index in [4.69, 9.17) is 19.3 Å². The van der Waals surface area contributed by atoms with Gasteiger partial charge in [0.05, 0.1) is 26.0 Å². The highest BCUT2D eigenvalue weighted by Crippen LogP contribution is 2.42. The number of hydrazone groups is 1. The molecule has 10 nitrogen and oxygen atoms in total. The molecule has 0 radical (unpaired) electrons. The van der Waals surface area contributed by atoms with Gasteiger partial charge in [-0.2, -0.15) is 5.10 Å². The zero-order valence-corrected chi connectivity index (χ0v) is 24.4. The lowest BCUT2D eigenvalue weighted by Gasteiger charge is -2.60. The second-order valence-electron chi connectivity index (χ2n) is 12.0. The number of benzene rings is 2. The van der Waals surface area contributed by atoms with Crippen molar-refractivity contribution in [3.05, 3.63) is 53.1 Å². The lowest BCUT2D eigenvalue weighted by Crippen LogP contribution is -2.73. The lowest BCUT2D eigenvalue weighted by molar-refractivity contribution is -0.0453. The molecule has 0 aliphatic carbocycles. The molecule has 2 aromatic carbocycles. The minimum absolute atomic E-state index is 0.139. The van der Waals surface area contributed by atoms with Gasteiger partial charge in [-0.25, -0.2) is 14.6 Å². The van der Waals surface area contributed by atoms with Crippen molar-refractivity contribution < 1.29 is 23.8 Å². The molecule has 0 aromatic heterocycles. The SMILES string of the molecule is CNC(=O)N1N=C(c2ccc(N3CC4(CN(C(=O)OC(C)(C)C)C4)C3)cc2)c2cc(OC)c(OC)cc2C[C@H]1C. The lowest BCUT2D eigenvalue weighted by atomic mass is 9.73. The van der Waals surface area contributed by atoms with Crippen LogP contribution < -0.4 is 19.7 Å². The first-order chi connectivity index (χ1) is 19.0. The summed E-state index contributed by atoms with van der Waals surface area (Å²) in [7, 11) is 4.84. The van der Waals surface area contributed by atoms with Gasteiger partial charge in [0.25, 0.3) is 0 Å². The third-order valence-corrected chi connectivity index (χ3v) is 7.69. The Morgan fingerprint density at radius 3 is 2.20 bits per heavy atom. The molecule has 2 aromatic rings. The zero-order chi connectivity index (χ0) is 28.8. The Hall–Kier alpha value is -3.95. The monoisotopic (exact) mass is 549 g/mol. The molecule has 3 aliphatic rings. The molecular weight excluding hydrogens is 510 g/mol. The van der Waals surface area contributed by atoms with E-state index in [9.17, 15) is 9.59 Å². The number of nitrogens with zero attached hydrogens (tertiary/aromatic N) is 4. The van der Waals surface area contributed by atoms with Gasteiger partial charge in [0.1, 0.15) is 5.60 Å². The van der Waals surface area contributed by atoms with E-state index < -0.39 is 5.60 Å². The fourth-order valence-electron chi connectivity index (χ4n) is 5.74. The van der Waals surface area contributed by atoms with Crippen LogP contribution in [0.15, 0.2) is 41.5 Å². The Kier molecular flexibility index (Phi) is 7.06. The van der Waals surface area contributed by atoms with Gasteiger partial charge in [-0.1, -0.05) is 12.1 Å². The largest absolute Gasteiger partial charge is 0.493 e. The molecule has 3 aliphatic heterocycles. The van der Waals surface area contributed by atoms with E-state index in [-0.39, 0.29) is 23.6 Å². The number of hydrogen-bond acceptors (Lipinski definition) is 7. The van der Waals surface area contributed by atoms with Crippen molar-refractivity contribution in [2.75, 3.05) is 52.3 Å². The molecule has 10 heteroatoms. The number of fused-ring (bicyclic) bond motifs is 1. The predicted molar refractivity (Wildman–Crippen MR) is 154 cm³/mol. The van der Waals surface area contributed by atoms with Crippen LogP contribution in [-0.2, 0) is 11.2 Å². The summed E-state index contributed by atoms with van der Waals surface area (Å²) in [5, 5.41) is 9.07. The zero-order valence-electron chi connectivity index (χ0n) is 24.4. The van der Waals surface area contributed by atoms with Gasteiger partial charge in [-0.05, 0) is 63.9 Å². The summed E-state index contributed by atoms with van der Waals surface area (Å²) in [4.78, 5) is 29.2. The summed E-state index contributed by atoms with van der Waals surface area (Å²) in [6, 6.07) is 11.8. The van der Waals surface area contributed by atoms with Crippen LogP contribution in [0.3, 0.4) is 0 Å². The predicted octanol–water partition coefficient (Wildman–Crippen LogP) is 4.10. The Morgan fingerprint density at radius 2 is 1.62 bits per heavy atom. The van der Waals surface area contributed by atoms with E-state index in [2.05, 4.69) is 22.3 Å². The molecule has 1 N–H and O–H groups in total. The van der Waals surface area contributed by atoms with E-state index in [1.807, 2.05) is 52.0 Å². The highest BCUT2D eigenvalue weighted by atomic mass is 16.6. The minimum Gasteiger partial charge on any atom is -0.493 e. The topological polar surface area (TPSA) is 95.9 Å². The Labute approximate surface area is 235 Å². The summed E-state index contributed by atoms with van der Waals surface area (Å²) in [6.07, 6.45) is 0.379. The normalized spacial score (nSPS) is 19.5. The molecule has 2 fully saturated rings. The van der Waals surface area contributed by atoms with E-state index >= 15 is 0 Å². The summed E-state index contributed by atoms with van der Waals surface area (Å²) in [5.74, 6) is 1.25. The van der Waals surface area contributed by atoms with Crippen molar-refractivity contribution >= 4 is 23.5 Å². The van der Waals surface area contributed by atoms with Gasteiger partial charge < -0.3 is 29.3 Å². The molecule has 1 spiro atoms. The highest BCUT2D eigenvalue weighted by molar-refractivity contribution is 6.14. The smallest absolute Gasteiger partial charge is 0.410 e. The summed E-state index contributed by atoms with van der Waals surface area (Å²) < 4.78 is 16.6.